The summed E-state index contributed by atoms with van der Waals surface area (Å²) in [5.41, 5.74) is 6.06. The van der Waals surface area contributed by atoms with Crippen LogP contribution in [0.4, 0.5) is 0 Å². The van der Waals surface area contributed by atoms with E-state index in [9.17, 15) is 0 Å². The highest BCUT2D eigenvalue weighted by atomic mass is 16.6. The van der Waals surface area contributed by atoms with Gasteiger partial charge in [0.1, 0.15) is 0 Å². The Morgan fingerprint density at radius 2 is 1.62 bits per heavy atom. The first-order valence-electron chi connectivity index (χ1n) is 6.90. The van der Waals surface area contributed by atoms with Gasteiger partial charge in [-0.05, 0) is 23.8 Å². The molecule has 4 heteroatoms. The third-order valence-electron chi connectivity index (χ3n) is 3.10. The zero-order chi connectivity index (χ0) is 14.3. The Bertz CT molecular complexity index is 665. The summed E-state index contributed by atoms with van der Waals surface area (Å²) < 4.78 is 1.86. The number of rotatable bonds is 6. The molecule has 0 aliphatic carbocycles. The van der Waals surface area contributed by atoms with Crippen molar-refractivity contribution in [1.82, 2.24) is 15.3 Å². The predicted molar refractivity (Wildman–Crippen MR) is 81.6 cm³/mol. The molecule has 0 amide bonds. The van der Waals surface area contributed by atoms with Crippen molar-refractivity contribution in [3.05, 3.63) is 84.2 Å². The summed E-state index contributed by atoms with van der Waals surface area (Å²) in [7, 11) is 0. The largest absolute Gasteiger partial charge is 0.297 e. The van der Waals surface area contributed by atoms with E-state index in [2.05, 4.69) is 10.6 Å². The lowest BCUT2D eigenvalue weighted by Crippen LogP contribution is -2.14. The Morgan fingerprint density at radius 1 is 0.905 bits per heavy atom. The van der Waals surface area contributed by atoms with Crippen LogP contribution in [0.5, 0.6) is 0 Å². The molecule has 3 aromatic rings. The van der Waals surface area contributed by atoms with Crippen molar-refractivity contribution in [3.8, 4) is 5.69 Å². The van der Waals surface area contributed by atoms with Crippen molar-refractivity contribution in [2.24, 2.45) is 0 Å². The van der Waals surface area contributed by atoms with Crippen LogP contribution in [0, 0.1) is 0 Å². The van der Waals surface area contributed by atoms with E-state index in [0.29, 0.717) is 13.2 Å². The van der Waals surface area contributed by atoms with Crippen molar-refractivity contribution in [2.75, 3.05) is 0 Å². The summed E-state index contributed by atoms with van der Waals surface area (Å²) in [4.78, 5) is 5.44. The second-order valence-corrected chi connectivity index (χ2v) is 4.68. The minimum Gasteiger partial charge on any atom is -0.297 e. The fourth-order valence-electron chi connectivity index (χ4n) is 2.01. The quantitative estimate of drug-likeness (QED) is 0.556. The molecule has 0 fully saturated rings. The molecule has 0 unspecified atom stereocenters. The third kappa shape index (κ3) is 3.78. The lowest BCUT2D eigenvalue weighted by atomic mass is 10.2. The maximum atomic E-state index is 5.44. The van der Waals surface area contributed by atoms with Crippen LogP contribution in [0.3, 0.4) is 0 Å². The zero-order valence-corrected chi connectivity index (χ0v) is 11.6. The van der Waals surface area contributed by atoms with Gasteiger partial charge in [0.05, 0.1) is 24.5 Å². The number of aromatic nitrogens is 2. The second kappa shape index (κ2) is 6.83. The highest BCUT2D eigenvalue weighted by molar-refractivity contribution is 5.30. The van der Waals surface area contributed by atoms with Crippen LogP contribution in [0.1, 0.15) is 11.3 Å². The molecule has 106 valence electrons. The number of nitrogens with one attached hydrogen (secondary N) is 1. The summed E-state index contributed by atoms with van der Waals surface area (Å²) in [5.74, 6) is 0. The Balaban J connectivity index is 1.49. The van der Waals surface area contributed by atoms with Gasteiger partial charge in [-0.3, -0.25) is 4.84 Å². The van der Waals surface area contributed by atoms with Gasteiger partial charge in [0, 0.05) is 6.20 Å². The number of hydrogen-bond donors (Lipinski definition) is 1. The normalized spacial score (nSPS) is 10.7. The lowest BCUT2D eigenvalue weighted by Gasteiger charge is -2.04. The molecule has 0 aliphatic rings. The molecule has 1 N–H and O–H groups in total. The molecule has 0 atom stereocenters. The average molecular weight is 279 g/mol. The van der Waals surface area contributed by atoms with Gasteiger partial charge in [-0.25, -0.2) is 4.68 Å². The van der Waals surface area contributed by atoms with Crippen molar-refractivity contribution < 1.29 is 4.84 Å². The Morgan fingerprint density at radius 3 is 2.38 bits per heavy atom. The topological polar surface area (TPSA) is 39.1 Å². The second-order valence-electron chi connectivity index (χ2n) is 4.68. The zero-order valence-electron chi connectivity index (χ0n) is 11.6. The number of nitrogens with zero attached hydrogens (tertiary/aromatic N) is 2. The minimum atomic E-state index is 0.542. The van der Waals surface area contributed by atoms with E-state index in [1.807, 2.05) is 77.6 Å². The third-order valence-corrected chi connectivity index (χ3v) is 3.10. The molecule has 1 aromatic heterocycles. The Labute approximate surface area is 124 Å². The van der Waals surface area contributed by atoms with E-state index in [-0.39, 0.29) is 0 Å². The molecule has 0 spiro atoms. The van der Waals surface area contributed by atoms with E-state index in [1.165, 1.54) is 0 Å². The molecular weight excluding hydrogens is 262 g/mol. The average Bonchev–Trinajstić information content (AvgIpc) is 3.02. The summed E-state index contributed by atoms with van der Waals surface area (Å²) >= 11 is 0. The van der Waals surface area contributed by atoms with Gasteiger partial charge in [0.2, 0.25) is 0 Å². The summed E-state index contributed by atoms with van der Waals surface area (Å²) in [5, 5.41) is 4.50. The van der Waals surface area contributed by atoms with Crippen LogP contribution in [0.15, 0.2) is 72.9 Å². The van der Waals surface area contributed by atoms with Gasteiger partial charge in [-0.2, -0.15) is 10.6 Å². The fourth-order valence-corrected chi connectivity index (χ4v) is 2.01. The van der Waals surface area contributed by atoms with Crippen LogP contribution in [0.25, 0.3) is 5.69 Å². The van der Waals surface area contributed by atoms with Crippen molar-refractivity contribution in [1.29, 1.82) is 0 Å². The number of benzene rings is 2. The summed E-state index contributed by atoms with van der Waals surface area (Å²) in [6, 6.07) is 22.1. The molecule has 4 nitrogen and oxygen atoms in total. The van der Waals surface area contributed by atoms with Gasteiger partial charge in [0.15, 0.2) is 0 Å². The lowest BCUT2D eigenvalue weighted by molar-refractivity contribution is 0.0228. The van der Waals surface area contributed by atoms with E-state index in [0.717, 1.165) is 16.9 Å². The first-order chi connectivity index (χ1) is 10.4. The molecule has 1 heterocycles. The Hall–Kier alpha value is -2.43. The van der Waals surface area contributed by atoms with E-state index in [1.54, 1.807) is 0 Å². The van der Waals surface area contributed by atoms with Crippen molar-refractivity contribution in [3.63, 3.8) is 0 Å². The molecule has 0 radical (unpaired) electrons. The number of hydroxylamine groups is 1. The monoisotopic (exact) mass is 279 g/mol. The molecular formula is C17H17N3O. The van der Waals surface area contributed by atoms with Crippen LogP contribution < -0.4 is 5.48 Å². The fraction of sp³-hybridized carbons (Fsp3) is 0.118. The van der Waals surface area contributed by atoms with Gasteiger partial charge in [-0.1, -0.05) is 48.5 Å². The Kier molecular flexibility index (Phi) is 4.41. The first kappa shape index (κ1) is 13.5. The van der Waals surface area contributed by atoms with E-state index in [4.69, 9.17) is 4.84 Å². The molecule has 2 aromatic carbocycles. The SMILES string of the molecule is c1ccc(CONCc2ccn(-c3ccccc3)n2)cc1. The van der Waals surface area contributed by atoms with Crippen LogP contribution >= 0.6 is 0 Å². The van der Waals surface area contributed by atoms with E-state index < -0.39 is 0 Å². The molecule has 0 aliphatic heterocycles. The smallest absolute Gasteiger partial charge is 0.0933 e. The van der Waals surface area contributed by atoms with Crippen LogP contribution in [-0.2, 0) is 18.0 Å². The minimum absolute atomic E-state index is 0.542. The van der Waals surface area contributed by atoms with Crippen LogP contribution in [0.2, 0.25) is 0 Å². The standard InChI is InChI=1S/C17H17N3O/c1-3-7-15(8-4-1)14-21-18-13-16-11-12-20(19-16)17-9-5-2-6-10-17/h1-12,18H,13-14H2. The van der Waals surface area contributed by atoms with Crippen molar-refractivity contribution >= 4 is 0 Å². The molecule has 3 rings (SSSR count). The van der Waals surface area contributed by atoms with E-state index >= 15 is 0 Å². The van der Waals surface area contributed by atoms with Crippen LogP contribution in [-0.4, -0.2) is 9.78 Å². The maximum Gasteiger partial charge on any atom is 0.0933 e. The number of para-hydroxylation sites is 1. The molecule has 21 heavy (non-hydrogen) atoms. The van der Waals surface area contributed by atoms with Crippen molar-refractivity contribution in [2.45, 2.75) is 13.2 Å². The molecule has 0 saturated heterocycles. The summed E-state index contributed by atoms with van der Waals surface area (Å²) in [6.07, 6.45) is 1.95. The van der Waals surface area contributed by atoms with Gasteiger partial charge in [-0.15, -0.1) is 0 Å². The maximum absolute atomic E-state index is 5.44. The highest BCUT2D eigenvalue weighted by Crippen LogP contribution is 2.06. The number of hydrogen-bond acceptors (Lipinski definition) is 3. The first-order valence-corrected chi connectivity index (χ1v) is 6.90. The van der Waals surface area contributed by atoms with Gasteiger partial charge >= 0.3 is 0 Å². The predicted octanol–water partition coefficient (Wildman–Crippen LogP) is 3.09. The molecule has 0 saturated carbocycles. The highest BCUT2D eigenvalue weighted by Gasteiger charge is 2.00. The summed E-state index contributed by atoms with van der Waals surface area (Å²) in [6.45, 7) is 1.12. The van der Waals surface area contributed by atoms with Gasteiger partial charge in [0.25, 0.3) is 0 Å². The van der Waals surface area contributed by atoms with Gasteiger partial charge < -0.3 is 0 Å². The molecule has 0 bridgehead atoms.